The molecule has 0 saturated heterocycles. The van der Waals surface area contributed by atoms with Crippen molar-refractivity contribution in [2.24, 2.45) is 5.92 Å². The van der Waals surface area contributed by atoms with Crippen LogP contribution in [0.4, 0.5) is 0 Å². The molecule has 1 aromatic rings. The third kappa shape index (κ3) is 3.68. The van der Waals surface area contributed by atoms with Crippen LogP contribution in [0.25, 0.3) is 0 Å². The predicted molar refractivity (Wildman–Crippen MR) is 71.4 cm³/mol. The predicted octanol–water partition coefficient (Wildman–Crippen LogP) is 5.07. The lowest BCUT2D eigenvalue weighted by atomic mass is 9.98. The standard InChI is InChI=1S/C14H18Cl2/c15-13-7-3-6-12(9-13)10-14(16)8-11-4-1-2-5-11/h3,6-7,9,11,14H,1-2,4-5,8,10H2. The van der Waals surface area contributed by atoms with Crippen molar-refractivity contribution in [1.29, 1.82) is 0 Å². The minimum atomic E-state index is 0.265. The van der Waals surface area contributed by atoms with E-state index >= 15 is 0 Å². The molecule has 0 bridgehead atoms. The van der Waals surface area contributed by atoms with E-state index in [2.05, 4.69) is 6.07 Å². The molecule has 1 unspecified atom stereocenters. The number of hydrogen-bond donors (Lipinski definition) is 0. The van der Waals surface area contributed by atoms with E-state index in [9.17, 15) is 0 Å². The Bertz CT molecular complexity index is 329. The molecule has 1 aliphatic rings. The van der Waals surface area contributed by atoms with Crippen LogP contribution in [0.3, 0.4) is 0 Å². The van der Waals surface area contributed by atoms with Crippen LogP contribution in [0.1, 0.15) is 37.7 Å². The molecule has 0 aliphatic heterocycles. The zero-order chi connectivity index (χ0) is 11.4. The summed E-state index contributed by atoms with van der Waals surface area (Å²) in [7, 11) is 0. The molecule has 1 aromatic carbocycles. The number of halogens is 2. The van der Waals surface area contributed by atoms with Crippen LogP contribution < -0.4 is 0 Å². The molecule has 88 valence electrons. The maximum atomic E-state index is 6.40. The van der Waals surface area contributed by atoms with E-state index in [1.165, 1.54) is 31.2 Å². The maximum absolute atomic E-state index is 6.40. The third-order valence-corrected chi connectivity index (χ3v) is 3.98. The summed E-state index contributed by atoms with van der Waals surface area (Å²) in [5.74, 6) is 0.863. The highest BCUT2D eigenvalue weighted by Gasteiger charge is 2.18. The van der Waals surface area contributed by atoms with Crippen LogP contribution in [0, 0.1) is 5.92 Å². The van der Waals surface area contributed by atoms with E-state index in [1.54, 1.807) is 0 Å². The van der Waals surface area contributed by atoms with E-state index in [0.717, 1.165) is 23.8 Å². The van der Waals surface area contributed by atoms with E-state index in [4.69, 9.17) is 23.2 Å². The normalized spacial score (nSPS) is 18.9. The van der Waals surface area contributed by atoms with Crippen molar-refractivity contribution in [1.82, 2.24) is 0 Å². The number of alkyl halides is 1. The monoisotopic (exact) mass is 256 g/mol. The molecule has 0 N–H and O–H groups in total. The van der Waals surface area contributed by atoms with Crippen LogP contribution in [-0.4, -0.2) is 5.38 Å². The summed E-state index contributed by atoms with van der Waals surface area (Å²) < 4.78 is 0. The zero-order valence-corrected chi connectivity index (χ0v) is 11.0. The van der Waals surface area contributed by atoms with Gasteiger partial charge in [-0.2, -0.15) is 0 Å². The SMILES string of the molecule is Clc1cccc(CC(Cl)CC2CCCC2)c1. The number of rotatable bonds is 4. The molecule has 1 saturated carbocycles. The Labute approximate surface area is 108 Å². The second kappa shape index (κ2) is 5.93. The molecule has 1 aliphatic carbocycles. The average Bonchev–Trinajstić information content (AvgIpc) is 2.70. The summed E-state index contributed by atoms with van der Waals surface area (Å²) in [4.78, 5) is 0. The fraction of sp³-hybridized carbons (Fsp3) is 0.571. The molecule has 1 atom stereocenters. The molecule has 0 spiro atoms. The Hall–Kier alpha value is -0.200. The van der Waals surface area contributed by atoms with Gasteiger partial charge in [0.05, 0.1) is 0 Å². The van der Waals surface area contributed by atoms with Crippen molar-refractivity contribution < 1.29 is 0 Å². The highest BCUT2D eigenvalue weighted by atomic mass is 35.5. The molecular weight excluding hydrogens is 239 g/mol. The summed E-state index contributed by atoms with van der Waals surface area (Å²) in [5.41, 5.74) is 1.26. The van der Waals surface area contributed by atoms with Gasteiger partial charge >= 0.3 is 0 Å². The van der Waals surface area contributed by atoms with Gasteiger partial charge in [0.2, 0.25) is 0 Å². The van der Waals surface area contributed by atoms with E-state index in [1.807, 2.05) is 18.2 Å². The summed E-state index contributed by atoms with van der Waals surface area (Å²) in [6, 6.07) is 8.03. The Morgan fingerprint density at radius 2 is 2.00 bits per heavy atom. The van der Waals surface area contributed by atoms with Gasteiger partial charge in [0.1, 0.15) is 0 Å². The van der Waals surface area contributed by atoms with Crippen molar-refractivity contribution in [3.63, 3.8) is 0 Å². The molecule has 0 nitrogen and oxygen atoms in total. The van der Waals surface area contributed by atoms with Gasteiger partial charge in [-0.1, -0.05) is 49.4 Å². The molecular formula is C14H18Cl2. The van der Waals surface area contributed by atoms with Crippen LogP contribution in [0.5, 0.6) is 0 Å². The Kier molecular flexibility index (Phi) is 4.55. The van der Waals surface area contributed by atoms with Crippen molar-refractivity contribution in [3.8, 4) is 0 Å². The van der Waals surface area contributed by atoms with Gasteiger partial charge in [-0.15, -0.1) is 11.6 Å². The van der Waals surface area contributed by atoms with Crippen LogP contribution in [0.15, 0.2) is 24.3 Å². The van der Waals surface area contributed by atoms with Crippen LogP contribution in [0.2, 0.25) is 5.02 Å². The van der Waals surface area contributed by atoms with Crippen molar-refractivity contribution >= 4 is 23.2 Å². The Morgan fingerprint density at radius 3 is 2.69 bits per heavy atom. The van der Waals surface area contributed by atoms with E-state index < -0.39 is 0 Å². The number of benzene rings is 1. The topological polar surface area (TPSA) is 0 Å². The van der Waals surface area contributed by atoms with Crippen LogP contribution in [-0.2, 0) is 6.42 Å². The highest BCUT2D eigenvalue weighted by Crippen LogP contribution is 2.31. The molecule has 0 amide bonds. The smallest absolute Gasteiger partial charge is 0.0408 e. The Morgan fingerprint density at radius 1 is 1.25 bits per heavy atom. The van der Waals surface area contributed by atoms with E-state index in [-0.39, 0.29) is 5.38 Å². The average molecular weight is 257 g/mol. The highest BCUT2D eigenvalue weighted by molar-refractivity contribution is 6.30. The van der Waals surface area contributed by atoms with Crippen molar-refractivity contribution in [2.45, 2.75) is 43.9 Å². The third-order valence-electron chi connectivity index (χ3n) is 3.41. The molecule has 16 heavy (non-hydrogen) atoms. The first-order valence-electron chi connectivity index (χ1n) is 6.12. The summed E-state index contributed by atoms with van der Waals surface area (Å²) >= 11 is 12.4. The van der Waals surface area contributed by atoms with Crippen molar-refractivity contribution in [2.75, 3.05) is 0 Å². The fourth-order valence-electron chi connectivity index (χ4n) is 2.61. The van der Waals surface area contributed by atoms with Gasteiger partial charge in [0.15, 0.2) is 0 Å². The van der Waals surface area contributed by atoms with E-state index in [0.29, 0.717) is 0 Å². The fourth-order valence-corrected chi connectivity index (χ4v) is 3.25. The van der Waals surface area contributed by atoms with Gasteiger partial charge in [0.25, 0.3) is 0 Å². The van der Waals surface area contributed by atoms with Crippen molar-refractivity contribution in [3.05, 3.63) is 34.9 Å². The molecule has 2 rings (SSSR count). The van der Waals surface area contributed by atoms with Gasteiger partial charge < -0.3 is 0 Å². The minimum absolute atomic E-state index is 0.265. The quantitative estimate of drug-likeness (QED) is 0.660. The largest absolute Gasteiger partial charge is 0.123 e. The first-order chi connectivity index (χ1) is 7.74. The lowest BCUT2D eigenvalue weighted by Gasteiger charge is -2.14. The molecule has 0 heterocycles. The molecule has 0 aromatic heterocycles. The van der Waals surface area contributed by atoms with Gasteiger partial charge in [0, 0.05) is 10.4 Å². The minimum Gasteiger partial charge on any atom is -0.123 e. The lowest BCUT2D eigenvalue weighted by molar-refractivity contribution is 0.488. The summed E-state index contributed by atoms with van der Waals surface area (Å²) in [6.07, 6.45) is 7.64. The zero-order valence-electron chi connectivity index (χ0n) is 9.46. The van der Waals surface area contributed by atoms with Crippen LogP contribution >= 0.6 is 23.2 Å². The number of hydrogen-bond acceptors (Lipinski definition) is 0. The summed E-state index contributed by atoms with van der Waals surface area (Å²) in [5, 5.41) is 1.07. The van der Waals surface area contributed by atoms with Gasteiger partial charge in [-0.25, -0.2) is 0 Å². The molecule has 0 radical (unpaired) electrons. The first-order valence-corrected chi connectivity index (χ1v) is 6.94. The second-order valence-corrected chi connectivity index (χ2v) is 5.87. The summed E-state index contributed by atoms with van der Waals surface area (Å²) in [6.45, 7) is 0. The van der Waals surface area contributed by atoms with Gasteiger partial charge in [-0.3, -0.25) is 0 Å². The van der Waals surface area contributed by atoms with Gasteiger partial charge in [-0.05, 0) is 36.5 Å². The molecule has 1 fully saturated rings. The molecule has 2 heteroatoms. The maximum Gasteiger partial charge on any atom is 0.0408 e. The first kappa shape index (κ1) is 12.3. The Balaban J connectivity index is 1.84. The lowest BCUT2D eigenvalue weighted by Crippen LogP contribution is -2.08. The second-order valence-electron chi connectivity index (χ2n) is 4.82.